The average molecular weight is 261 g/mol. The van der Waals surface area contributed by atoms with E-state index in [1.165, 1.54) is 12.0 Å². The number of carbonyl (C=O) groups excluding carboxylic acids is 1. The first-order valence-corrected chi connectivity index (χ1v) is 6.98. The SMILES string of the molecule is C[C@H](N)C(=O)NC[C@@H]1CCCN1Cc1ccccc1. The Balaban J connectivity index is 1.85. The molecule has 1 aliphatic rings. The van der Waals surface area contributed by atoms with Crippen LogP contribution in [0.1, 0.15) is 25.3 Å². The van der Waals surface area contributed by atoms with Gasteiger partial charge < -0.3 is 11.1 Å². The van der Waals surface area contributed by atoms with Crippen molar-refractivity contribution in [3.05, 3.63) is 35.9 Å². The number of hydrogen-bond donors (Lipinski definition) is 2. The fourth-order valence-corrected chi connectivity index (χ4v) is 2.53. The minimum atomic E-state index is -0.427. The van der Waals surface area contributed by atoms with Gasteiger partial charge in [0, 0.05) is 19.1 Å². The van der Waals surface area contributed by atoms with Crippen molar-refractivity contribution in [2.75, 3.05) is 13.1 Å². The Bertz CT molecular complexity index is 405. The molecule has 1 heterocycles. The van der Waals surface area contributed by atoms with Crippen LogP contribution in [0.5, 0.6) is 0 Å². The van der Waals surface area contributed by atoms with Gasteiger partial charge in [-0.05, 0) is 31.9 Å². The maximum absolute atomic E-state index is 11.5. The van der Waals surface area contributed by atoms with Crippen molar-refractivity contribution < 1.29 is 4.79 Å². The predicted octanol–water partition coefficient (Wildman–Crippen LogP) is 1.11. The summed E-state index contributed by atoms with van der Waals surface area (Å²) < 4.78 is 0. The van der Waals surface area contributed by atoms with Crippen molar-refractivity contribution in [2.45, 2.75) is 38.4 Å². The van der Waals surface area contributed by atoms with Crippen molar-refractivity contribution in [1.29, 1.82) is 0 Å². The normalized spacial score (nSPS) is 21.3. The predicted molar refractivity (Wildman–Crippen MR) is 76.5 cm³/mol. The number of nitrogens with one attached hydrogen (secondary N) is 1. The Hall–Kier alpha value is -1.39. The van der Waals surface area contributed by atoms with Crippen molar-refractivity contribution in [3.63, 3.8) is 0 Å². The molecular formula is C15H23N3O. The number of hydrogen-bond acceptors (Lipinski definition) is 3. The smallest absolute Gasteiger partial charge is 0.236 e. The summed E-state index contributed by atoms with van der Waals surface area (Å²) in [6.07, 6.45) is 2.34. The first kappa shape index (κ1) is 14.0. The molecule has 0 spiro atoms. The van der Waals surface area contributed by atoms with Gasteiger partial charge in [0.1, 0.15) is 0 Å². The first-order chi connectivity index (χ1) is 9.16. The molecule has 1 aliphatic heterocycles. The fraction of sp³-hybridized carbons (Fsp3) is 0.533. The van der Waals surface area contributed by atoms with Gasteiger partial charge in [-0.15, -0.1) is 0 Å². The third kappa shape index (κ3) is 4.04. The monoisotopic (exact) mass is 261 g/mol. The summed E-state index contributed by atoms with van der Waals surface area (Å²) in [6, 6.07) is 10.5. The van der Waals surface area contributed by atoms with Crippen LogP contribution in [0.3, 0.4) is 0 Å². The van der Waals surface area contributed by atoms with Gasteiger partial charge in [0.15, 0.2) is 0 Å². The molecule has 1 aromatic carbocycles. The summed E-state index contributed by atoms with van der Waals surface area (Å²) in [5.74, 6) is -0.0634. The molecule has 104 valence electrons. The highest BCUT2D eigenvalue weighted by molar-refractivity contribution is 5.80. The second-order valence-corrected chi connectivity index (χ2v) is 5.29. The van der Waals surface area contributed by atoms with E-state index in [9.17, 15) is 4.79 Å². The second-order valence-electron chi connectivity index (χ2n) is 5.29. The van der Waals surface area contributed by atoms with Gasteiger partial charge in [-0.2, -0.15) is 0 Å². The van der Waals surface area contributed by atoms with Crippen LogP contribution in [0.4, 0.5) is 0 Å². The Kier molecular flexibility index (Phi) is 4.93. The van der Waals surface area contributed by atoms with Crippen molar-refractivity contribution in [2.24, 2.45) is 5.73 Å². The van der Waals surface area contributed by atoms with E-state index in [0.29, 0.717) is 12.6 Å². The molecule has 4 nitrogen and oxygen atoms in total. The number of carbonyl (C=O) groups is 1. The van der Waals surface area contributed by atoms with Crippen LogP contribution in [0.2, 0.25) is 0 Å². The topological polar surface area (TPSA) is 58.4 Å². The van der Waals surface area contributed by atoms with E-state index in [0.717, 1.165) is 19.5 Å². The largest absolute Gasteiger partial charge is 0.353 e. The number of likely N-dealkylation sites (tertiary alicyclic amines) is 1. The minimum absolute atomic E-state index is 0.0634. The summed E-state index contributed by atoms with van der Waals surface area (Å²) >= 11 is 0. The number of benzene rings is 1. The zero-order valence-electron chi connectivity index (χ0n) is 11.5. The number of nitrogens with two attached hydrogens (primary N) is 1. The summed E-state index contributed by atoms with van der Waals surface area (Å²) in [5, 5.41) is 2.93. The zero-order valence-corrected chi connectivity index (χ0v) is 11.5. The Morgan fingerprint density at radius 2 is 2.21 bits per heavy atom. The van der Waals surface area contributed by atoms with Crippen molar-refractivity contribution >= 4 is 5.91 Å². The highest BCUT2D eigenvalue weighted by atomic mass is 16.2. The minimum Gasteiger partial charge on any atom is -0.353 e. The van der Waals surface area contributed by atoms with Gasteiger partial charge in [-0.25, -0.2) is 0 Å². The standard InChI is InChI=1S/C15H23N3O/c1-12(16)15(19)17-10-14-8-5-9-18(14)11-13-6-3-2-4-7-13/h2-4,6-7,12,14H,5,8-11,16H2,1H3,(H,17,19)/t12-,14-/m0/s1. The molecule has 1 saturated heterocycles. The maximum atomic E-state index is 11.5. The molecule has 1 aromatic rings. The van der Waals surface area contributed by atoms with Gasteiger partial charge in [-0.3, -0.25) is 9.69 Å². The molecule has 2 rings (SSSR count). The van der Waals surface area contributed by atoms with Gasteiger partial charge in [0.05, 0.1) is 6.04 Å². The molecular weight excluding hydrogens is 238 g/mol. The van der Waals surface area contributed by atoms with Crippen LogP contribution in [0.15, 0.2) is 30.3 Å². The molecule has 19 heavy (non-hydrogen) atoms. The third-order valence-electron chi connectivity index (χ3n) is 3.65. The number of rotatable bonds is 5. The van der Waals surface area contributed by atoms with E-state index in [1.807, 2.05) is 6.07 Å². The van der Waals surface area contributed by atoms with Crippen LogP contribution in [0.25, 0.3) is 0 Å². The number of amides is 1. The van der Waals surface area contributed by atoms with E-state index in [4.69, 9.17) is 5.73 Å². The van der Waals surface area contributed by atoms with Gasteiger partial charge in [0.2, 0.25) is 5.91 Å². The van der Waals surface area contributed by atoms with Crippen LogP contribution < -0.4 is 11.1 Å². The molecule has 2 atom stereocenters. The van der Waals surface area contributed by atoms with Crippen LogP contribution >= 0.6 is 0 Å². The molecule has 4 heteroatoms. The molecule has 0 saturated carbocycles. The highest BCUT2D eigenvalue weighted by Gasteiger charge is 2.24. The Morgan fingerprint density at radius 3 is 2.89 bits per heavy atom. The zero-order chi connectivity index (χ0) is 13.7. The number of nitrogens with zero attached hydrogens (tertiary/aromatic N) is 1. The molecule has 1 amide bonds. The summed E-state index contributed by atoms with van der Waals surface area (Å²) in [5.41, 5.74) is 6.88. The second kappa shape index (κ2) is 6.68. The molecule has 0 unspecified atom stereocenters. The van der Waals surface area contributed by atoms with Gasteiger partial charge in [-0.1, -0.05) is 30.3 Å². The van der Waals surface area contributed by atoms with Gasteiger partial charge in [0.25, 0.3) is 0 Å². The van der Waals surface area contributed by atoms with E-state index < -0.39 is 6.04 Å². The van der Waals surface area contributed by atoms with Crippen LogP contribution in [-0.4, -0.2) is 36.0 Å². The van der Waals surface area contributed by atoms with E-state index in [2.05, 4.69) is 34.5 Å². The van der Waals surface area contributed by atoms with Crippen LogP contribution in [-0.2, 0) is 11.3 Å². The quantitative estimate of drug-likeness (QED) is 0.835. The first-order valence-electron chi connectivity index (χ1n) is 6.98. The fourth-order valence-electron chi connectivity index (χ4n) is 2.53. The van der Waals surface area contributed by atoms with E-state index >= 15 is 0 Å². The maximum Gasteiger partial charge on any atom is 0.236 e. The lowest BCUT2D eigenvalue weighted by Crippen LogP contribution is -2.44. The summed E-state index contributed by atoms with van der Waals surface area (Å²) in [4.78, 5) is 14.0. The van der Waals surface area contributed by atoms with E-state index in [-0.39, 0.29) is 5.91 Å². The Morgan fingerprint density at radius 1 is 1.47 bits per heavy atom. The molecule has 0 radical (unpaired) electrons. The molecule has 1 fully saturated rings. The highest BCUT2D eigenvalue weighted by Crippen LogP contribution is 2.19. The molecule has 3 N–H and O–H groups in total. The average Bonchev–Trinajstić information content (AvgIpc) is 2.84. The lowest BCUT2D eigenvalue weighted by Gasteiger charge is -2.25. The van der Waals surface area contributed by atoms with Crippen LogP contribution in [0, 0.1) is 0 Å². The summed E-state index contributed by atoms with van der Waals surface area (Å²) in [6.45, 7) is 4.48. The lowest BCUT2D eigenvalue weighted by atomic mass is 10.1. The molecule has 0 aliphatic carbocycles. The van der Waals surface area contributed by atoms with E-state index in [1.54, 1.807) is 6.92 Å². The van der Waals surface area contributed by atoms with Gasteiger partial charge >= 0.3 is 0 Å². The Labute approximate surface area is 115 Å². The summed E-state index contributed by atoms with van der Waals surface area (Å²) in [7, 11) is 0. The van der Waals surface area contributed by atoms with Crippen molar-refractivity contribution in [3.8, 4) is 0 Å². The third-order valence-corrected chi connectivity index (χ3v) is 3.65. The lowest BCUT2D eigenvalue weighted by molar-refractivity contribution is -0.122. The molecule has 0 bridgehead atoms. The molecule has 0 aromatic heterocycles. The van der Waals surface area contributed by atoms with Crippen molar-refractivity contribution in [1.82, 2.24) is 10.2 Å².